The monoisotopic (exact) mass is 352 g/mol. The van der Waals surface area contributed by atoms with Crippen molar-refractivity contribution in [1.82, 2.24) is 5.32 Å². The minimum Gasteiger partial charge on any atom is -0.495 e. The molecule has 0 saturated carbocycles. The van der Waals surface area contributed by atoms with Crippen LogP contribution in [0.1, 0.15) is 11.8 Å². The van der Waals surface area contributed by atoms with Gasteiger partial charge in [0.1, 0.15) is 5.75 Å². The number of thiophene rings is 1. The summed E-state index contributed by atoms with van der Waals surface area (Å²) in [4.78, 5) is 25.0. The first-order chi connectivity index (χ1) is 11.0. The maximum Gasteiger partial charge on any atom is 0.313 e. The molecule has 23 heavy (non-hydrogen) atoms. The van der Waals surface area contributed by atoms with E-state index in [1.165, 1.54) is 13.2 Å². The highest BCUT2D eigenvalue weighted by atomic mass is 35.5. The third-order valence-electron chi connectivity index (χ3n) is 3.08. The number of carbonyl (C=O) groups excluding carboxylic acids is 2. The van der Waals surface area contributed by atoms with Gasteiger partial charge in [-0.2, -0.15) is 0 Å². The smallest absolute Gasteiger partial charge is 0.313 e. The van der Waals surface area contributed by atoms with Crippen molar-refractivity contribution in [2.24, 2.45) is 0 Å². The molecular weight excluding hydrogens is 336 g/mol. The first kappa shape index (κ1) is 17.3. The van der Waals surface area contributed by atoms with Crippen LogP contribution in [0.25, 0.3) is 0 Å². The van der Waals surface area contributed by atoms with E-state index in [9.17, 15) is 9.59 Å². The van der Waals surface area contributed by atoms with Crippen molar-refractivity contribution in [3.63, 3.8) is 0 Å². The number of carbonyl (C=O) groups is 2. The van der Waals surface area contributed by atoms with E-state index < -0.39 is 11.8 Å². The van der Waals surface area contributed by atoms with Crippen molar-refractivity contribution in [1.29, 1.82) is 0 Å². The summed E-state index contributed by atoms with van der Waals surface area (Å²) in [5, 5.41) is 7.52. The third-order valence-corrected chi connectivity index (χ3v) is 4.27. The van der Waals surface area contributed by atoms with E-state index in [1.807, 2.05) is 24.4 Å². The first-order valence-corrected chi connectivity index (χ1v) is 8.23. The summed E-state index contributed by atoms with van der Waals surface area (Å²) in [6, 6.07) is 8.58. The number of methoxy groups -OCH3 is 1. The molecule has 2 aromatic rings. The lowest BCUT2D eigenvalue weighted by Gasteiger charge is -2.13. The number of benzene rings is 1. The highest BCUT2D eigenvalue weighted by Gasteiger charge is 2.17. The van der Waals surface area contributed by atoms with Crippen molar-refractivity contribution in [2.45, 2.75) is 19.4 Å². The van der Waals surface area contributed by atoms with E-state index in [4.69, 9.17) is 16.3 Å². The normalized spacial score (nSPS) is 11.6. The van der Waals surface area contributed by atoms with Gasteiger partial charge in [0.25, 0.3) is 0 Å². The second kappa shape index (κ2) is 7.99. The zero-order valence-corrected chi connectivity index (χ0v) is 14.3. The lowest BCUT2D eigenvalue weighted by Crippen LogP contribution is -2.41. The molecule has 122 valence electrons. The molecule has 2 N–H and O–H groups in total. The predicted molar refractivity (Wildman–Crippen MR) is 92.3 cm³/mol. The first-order valence-electron chi connectivity index (χ1n) is 6.97. The van der Waals surface area contributed by atoms with Crippen LogP contribution < -0.4 is 15.4 Å². The van der Waals surface area contributed by atoms with Crippen LogP contribution in [0.4, 0.5) is 5.69 Å². The number of rotatable bonds is 5. The minimum absolute atomic E-state index is 0.133. The van der Waals surface area contributed by atoms with Crippen molar-refractivity contribution in [3.8, 4) is 5.75 Å². The molecule has 0 fully saturated rings. The SMILES string of the molecule is COc1ccc(NC(=O)C(=O)NC(C)Cc2cccs2)cc1Cl. The van der Waals surface area contributed by atoms with Gasteiger partial charge in [0.2, 0.25) is 0 Å². The average Bonchev–Trinajstić information content (AvgIpc) is 3.00. The van der Waals surface area contributed by atoms with Crippen LogP contribution in [0.15, 0.2) is 35.7 Å². The molecule has 1 heterocycles. The molecule has 0 saturated heterocycles. The van der Waals surface area contributed by atoms with Gasteiger partial charge in [-0.25, -0.2) is 0 Å². The van der Waals surface area contributed by atoms with Crippen molar-refractivity contribution in [3.05, 3.63) is 45.6 Å². The summed E-state index contributed by atoms with van der Waals surface area (Å²) in [5.41, 5.74) is 0.432. The van der Waals surface area contributed by atoms with Crippen LogP contribution in [-0.2, 0) is 16.0 Å². The van der Waals surface area contributed by atoms with Crippen LogP contribution in [0.3, 0.4) is 0 Å². The molecule has 1 aromatic carbocycles. The topological polar surface area (TPSA) is 67.4 Å². The molecule has 1 unspecified atom stereocenters. The van der Waals surface area contributed by atoms with Crippen LogP contribution in [0.2, 0.25) is 5.02 Å². The second-order valence-corrected chi connectivity index (χ2v) is 6.40. The molecule has 2 rings (SSSR count). The van der Waals surface area contributed by atoms with E-state index in [0.29, 0.717) is 22.9 Å². The molecule has 1 aromatic heterocycles. The van der Waals surface area contributed by atoms with Crippen LogP contribution in [-0.4, -0.2) is 25.0 Å². The Hall–Kier alpha value is -2.05. The summed E-state index contributed by atoms with van der Waals surface area (Å²) in [6.07, 6.45) is 0.686. The van der Waals surface area contributed by atoms with Crippen LogP contribution in [0, 0.1) is 0 Å². The van der Waals surface area contributed by atoms with Gasteiger partial charge in [-0.3, -0.25) is 9.59 Å². The zero-order chi connectivity index (χ0) is 16.8. The number of anilines is 1. The van der Waals surface area contributed by atoms with E-state index >= 15 is 0 Å². The maximum atomic E-state index is 11.9. The summed E-state index contributed by atoms with van der Waals surface area (Å²) in [5.74, 6) is -0.913. The van der Waals surface area contributed by atoms with Crippen molar-refractivity contribution < 1.29 is 14.3 Å². The lowest BCUT2D eigenvalue weighted by atomic mass is 10.2. The fraction of sp³-hybridized carbons (Fsp3) is 0.250. The van der Waals surface area contributed by atoms with E-state index in [2.05, 4.69) is 10.6 Å². The number of ether oxygens (including phenoxy) is 1. The predicted octanol–water partition coefficient (Wildman–Crippen LogP) is 3.10. The van der Waals surface area contributed by atoms with Crippen LogP contribution >= 0.6 is 22.9 Å². The second-order valence-electron chi connectivity index (χ2n) is 4.96. The molecule has 7 heteroatoms. The quantitative estimate of drug-likeness (QED) is 0.812. The zero-order valence-electron chi connectivity index (χ0n) is 12.8. The van der Waals surface area contributed by atoms with Gasteiger partial charge in [0, 0.05) is 23.0 Å². The van der Waals surface area contributed by atoms with Gasteiger partial charge in [0.15, 0.2) is 0 Å². The van der Waals surface area contributed by atoms with Crippen LogP contribution in [0.5, 0.6) is 5.75 Å². The average molecular weight is 353 g/mol. The van der Waals surface area contributed by atoms with Crippen molar-refractivity contribution in [2.75, 3.05) is 12.4 Å². The summed E-state index contributed by atoms with van der Waals surface area (Å²) < 4.78 is 5.03. The molecule has 0 aliphatic carbocycles. The molecule has 0 spiro atoms. The number of amides is 2. The third kappa shape index (κ3) is 4.97. The number of halogens is 1. The molecule has 0 aliphatic rings. The Kier molecular flexibility index (Phi) is 6.01. The van der Waals surface area contributed by atoms with Gasteiger partial charge < -0.3 is 15.4 Å². The highest BCUT2D eigenvalue weighted by molar-refractivity contribution is 7.09. The van der Waals surface area contributed by atoms with Gasteiger partial charge in [0.05, 0.1) is 12.1 Å². The summed E-state index contributed by atoms with van der Waals surface area (Å²) in [7, 11) is 1.50. The minimum atomic E-state index is -0.732. The Bertz CT molecular complexity index is 689. The Balaban J connectivity index is 1.89. The lowest BCUT2D eigenvalue weighted by molar-refractivity contribution is -0.136. The molecule has 1 atom stereocenters. The maximum absolute atomic E-state index is 11.9. The van der Waals surface area contributed by atoms with E-state index in [1.54, 1.807) is 23.5 Å². The summed E-state index contributed by atoms with van der Waals surface area (Å²) >= 11 is 7.60. The van der Waals surface area contributed by atoms with Gasteiger partial charge in [-0.1, -0.05) is 17.7 Å². The Morgan fingerprint density at radius 1 is 1.30 bits per heavy atom. The number of hydrogen-bond donors (Lipinski definition) is 2. The fourth-order valence-electron chi connectivity index (χ4n) is 2.00. The Labute approximate surface area is 143 Å². The van der Waals surface area contributed by atoms with Crippen molar-refractivity contribution >= 4 is 40.4 Å². The Morgan fingerprint density at radius 2 is 2.09 bits per heavy atom. The van der Waals surface area contributed by atoms with E-state index in [-0.39, 0.29) is 6.04 Å². The standard InChI is InChI=1S/C16H17ClN2O3S/c1-10(8-12-4-3-7-23-12)18-15(20)16(21)19-11-5-6-14(22-2)13(17)9-11/h3-7,9-10H,8H2,1-2H3,(H,18,20)(H,19,21). The molecular formula is C16H17ClN2O3S. The molecule has 0 aliphatic heterocycles. The highest BCUT2D eigenvalue weighted by Crippen LogP contribution is 2.27. The molecule has 0 radical (unpaired) electrons. The van der Waals surface area contributed by atoms with Gasteiger partial charge >= 0.3 is 11.8 Å². The fourth-order valence-corrected chi connectivity index (χ4v) is 3.10. The Morgan fingerprint density at radius 3 is 2.70 bits per heavy atom. The van der Waals surface area contributed by atoms with Gasteiger partial charge in [-0.15, -0.1) is 11.3 Å². The van der Waals surface area contributed by atoms with Gasteiger partial charge in [-0.05, 0) is 36.6 Å². The summed E-state index contributed by atoms with van der Waals surface area (Å²) in [6.45, 7) is 1.86. The molecule has 5 nitrogen and oxygen atoms in total. The number of nitrogens with one attached hydrogen (secondary N) is 2. The molecule has 2 amide bonds. The van der Waals surface area contributed by atoms with E-state index in [0.717, 1.165) is 4.88 Å². The number of hydrogen-bond acceptors (Lipinski definition) is 4. The molecule has 0 bridgehead atoms. The largest absolute Gasteiger partial charge is 0.495 e.